The Morgan fingerprint density at radius 1 is 1.57 bits per heavy atom. The minimum absolute atomic E-state index is 0.317. The molecule has 0 aromatic rings. The molecule has 2 nitrogen and oxygen atoms in total. The molecule has 0 amide bonds. The van der Waals surface area contributed by atoms with E-state index in [1.807, 2.05) is 6.08 Å². The molecule has 1 N–H and O–H groups in total. The fraction of sp³-hybridized carbons (Fsp3) is 0.833. The lowest BCUT2D eigenvalue weighted by atomic mass is 9.98. The molecule has 1 saturated heterocycles. The number of rotatable bonds is 4. The van der Waals surface area contributed by atoms with Crippen molar-refractivity contribution in [1.82, 2.24) is 10.2 Å². The molecule has 1 heterocycles. The lowest BCUT2D eigenvalue weighted by Crippen LogP contribution is -2.48. The predicted octanol–water partition coefficient (Wildman–Crippen LogP) is 2.03. The molecule has 1 aliphatic rings. The lowest BCUT2D eigenvalue weighted by molar-refractivity contribution is 0.218. The first-order valence-corrected chi connectivity index (χ1v) is 5.78. The van der Waals surface area contributed by atoms with Crippen LogP contribution < -0.4 is 5.32 Å². The Labute approximate surface area is 88.4 Å². The molecule has 0 aromatic carbocycles. The van der Waals surface area contributed by atoms with Gasteiger partial charge in [-0.3, -0.25) is 0 Å². The summed E-state index contributed by atoms with van der Waals surface area (Å²) in [7, 11) is 0. The summed E-state index contributed by atoms with van der Waals surface area (Å²) in [6, 6.07) is 0. The molecule has 14 heavy (non-hydrogen) atoms. The van der Waals surface area contributed by atoms with Gasteiger partial charge in [0.15, 0.2) is 0 Å². The summed E-state index contributed by atoms with van der Waals surface area (Å²) in [6.45, 7) is 13.1. The smallest absolute Gasteiger partial charge is 0.0277 e. The van der Waals surface area contributed by atoms with E-state index >= 15 is 0 Å². The summed E-state index contributed by atoms with van der Waals surface area (Å²) in [5, 5.41) is 3.65. The molecule has 0 spiro atoms. The standard InChI is InChI=1S/C12H24N2/c1-4-6-9-14-10-7-8-13-12(3,5-2)11-14/h4,13H,1,5-11H2,2-3H3. The summed E-state index contributed by atoms with van der Waals surface area (Å²) >= 11 is 0. The van der Waals surface area contributed by atoms with Crippen LogP contribution >= 0.6 is 0 Å². The highest BCUT2D eigenvalue weighted by atomic mass is 15.2. The molecule has 2 heteroatoms. The molecule has 0 bridgehead atoms. The van der Waals surface area contributed by atoms with E-state index < -0.39 is 0 Å². The second-order valence-corrected chi connectivity index (χ2v) is 4.55. The van der Waals surface area contributed by atoms with Crippen molar-refractivity contribution < 1.29 is 0 Å². The van der Waals surface area contributed by atoms with E-state index in [1.165, 1.54) is 32.5 Å². The van der Waals surface area contributed by atoms with Crippen LogP contribution in [0, 0.1) is 0 Å². The van der Waals surface area contributed by atoms with E-state index in [0.717, 1.165) is 13.0 Å². The third kappa shape index (κ3) is 3.43. The first kappa shape index (κ1) is 11.7. The third-order valence-corrected chi connectivity index (χ3v) is 3.21. The lowest BCUT2D eigenvalue weighted by Gasteiger charge is -2.32. The Hall–Kier alpha value is -0.340. The van der Waals surface area contributed by atoms with Gasteiger partial charge in [0.05, 0.1) is 0 Å². The van der Waals surface area contributed by atoms with Gasteiger partial charge in [-0.05, 0) is 39.3 Å². The van der Waals surface area contributed by atoms with Gasteiger partial charge in [-0.1, -0.05) is 13.0 Å². The summed E-state index contributed by atoms with van der Waals surface area (Å²) in [4.78, 5) is 2.56. The Bertz CT molecular complexity index is 179. The maximum Gasteiger partial charge on any atom is 0.0277 e. The van der Waals surface area contributed by atoms with Crippen LogP contribution in [0.15, 0.2) is 12.7 Å². The van der Waals surface area contributed by atoms with Crippen molar-refractivity contribution in [2.24, 2.45) is 0 Å². The molecule has 1 atom stereocenters. The van der Waals surface area contributed by atoms with Crippen molar-refractivity contribution in [3.63, 3.8) is 0 Å². The van der Waals surface area contributed by atoms with Crippen LogP contribution in [-0.2, 0) is 0 Å². The highest BCUT2D eigenvalue weighted by molar-refractivity contribution is 4.88. The molecule has 0 aromatic heterocycles. The zero-order valence-electron chi connectivity index (χ0n) is 9.68. The molecule has 82 valence electrons. The fourth-order valence-corrected chi connectivity index (χ4v) is 2.02. The van der Waals surface area contributed by atoms with E-state index in [0.29, 0.717) is 5.54 Å². The van der Waals surface area contributed by atoms with E-state index in [1.54, 1.807) is 0 Å². The molecule has 1 rings (SSSR count). The van der Waals surface area contributed by atoms with Crippen LogP contribution in [0.25, 0.3) is 0 Å². The van der Waals surface area contributed by atoms with Gasteiger partial charge in [0.25, 0.3) is 0 Å². The van der Waals surface area contributed by atoms with Crippen LogP contribution in [0.1, 0.15) is 33.1 Å². The van der Waals surface area contributed by atoms with Crippen LogP contribution in [0.3, 0.4) is 0 Å². The summed E-state index contributed by atoms with van der Waals surface area (Å²) < 4.78 is 0. The number of nitrogens with one attached hydrogen (secondary N) is 1. The van der Waals surface area contributed by atoms with Gasteiger partial charge < -0.3 is 10.2 Å². The van der Waals surface area contributed by atoms with E-state index in [9.17, 15) is 0 Å². The summed E-state index contributed by atoms with van der Waals surface area (Å²) in [5.41, 5.74) is 0.317. The highest BCUT2D eigenvalue weighted by Gasteiger charge is 2.26. The Kier molecular flexibility index (Phi) is 4.63. The average Bonchev–Trinajstić information content (AvgIpc) is 2.38. The SMILES string of the molecule is C=CCCN1CCCNC(C)(CC)C1. The zero-order valence-corrected chi connectivity index (χ0v) is 9.68. The van der Waals surface area contributed by atoms with Gasteiger partial charge in [0.1, 0.15) is 0 Å². The van der Waals surface area contributed by atoms with Gasteiger partial charge in [-0.2, -0.15) is 0 Å². The maximum atomic E-state index is 3.78. The molecule has 0 aliphatic carbocycles. The molecule has 0 saturated carbocycles. The van der Waals surface area contributed by atoms with Crippen molar-refractivity contribution in [2.75, 3.05) is 26.2 Å². The predicted molar refractivity (Wildman–Crippen MR) is 62.6 cm³/mol. The van der Waals surface area contributed by atoms with Gasteiger partial charge in [0, 0.05) is 18.6 Å². The first-order valence-electron chi connectivity index (χ1n) is 5.78. The quantitative estimate of drug-likeness (QED) is 0.692. The van der Waals surface area contributed by atoms with Crippen molar-refractivity contribution >= 4 is 0 Å². The molecule has 1 fully saturated rings. The largest absolute Gasteiger partial charge is 0.310 e. The highest BCUT2D eigenvalue weighted by Crippen LogP contribution is 2.15. The Morgan fingerprint density at radius 2 is 2.36 bits per heavy atom. The maximum absolute atomic E-state index is 3.78. The Morgan fingerprint density at radius 3 is 3.00 bits per heavy atom. The van der Waals surface area contributed by atoms with Gasteiger partial charge in [0.2, 0.25) is 0 Å². The molecule has 0 radical (unpaired) electrons. The van der Waals surface area contributed by atoms with E-state index in [4.69, 9.17) is 0 Å². The van der Waals surface area contributed by atoms with Crippen LogP contribution in [0.5, 0.6) is 0 Å². The average molecular weight is 196 g/mol. The summed E-state index contributed by atoms with van der Waals surface area (Å²) in [5.74, 6) is 0. The minimum atomic E-state index is 0.317. The van der Waals surface area contributed by atoms with Crippen molar-refractivity contribution in [3.8, 4) is 0 Å². The van der Waals surface area contributed by atoms with Gasteiger partial charge in [-0.25, -0.2) is 0 Å². The number of nitrogens with zero attached hydrogens (tertiary/aromatic N) is 1. The monoisotopic (exact) mass is 196 g/mol. The van der Waals surface area contributed by atoms with Crippen LogP contribution in [0.4, 0.5) is 0 Å². The molecular weight excluding hydrogens is 172 g/mol. The first-order chi connectivity index (χ1) is 6.70. The van der Waals surface area contributed by atoms with Crippen LogP contribution in [-0.4, -0.2) is 36.6 Å². The minimum Gasteiger partial charge on any atom is -0.310 e. The molecular formula is C12H24N2. The fourth-order valence-electron chi connectivity index (χ4n) is 2.02. The number of hydrogen-bond acceptors (Lipinski definition) is 2. The van der Waals surface area contributed by atoms with Gasteiger partial charge in [-0.15, -0.1) is 6.58 Å². The second-order valence-electron chi connectivity index (χ2n) is 4.55. The van der Waals surface area contributed by atoms with Gasteiger partial charge >= 0.3 is 0 Å². The van der Waals surface area contributed by atoms with E-state index in [-0.39, 0.29) is 0 Å². The normalized spacial score (nSPS) is 29.9. The number of hydrogen-bond donors (Lipinski definition) is 1. The Balaban J connectivity index is 2.46. The summed E-state index contributed by atoms with van der Waals surface area (Å²) in [6.07, 6.45) is 5.60. The zero-order chi connectivity index (χ0) is 10.4. The second kappa shape index (κ2) is 5.52. The van der Waals surface area contributed by atoms with E-state index in [2.05, 4.69) is 30.6 Å². The third-order valence-electron chi connectivity index (χ3n) is 3.21. The molecule has 1 aliphatic heterocycles. The van der Waals surface area contributed by atoms with Crippen molar-refractivity contribution in [1.29, 1.82) is 0 Å². The van der Waals surface area contributed by atoms with Crippen molar-refractivity contribution in [2.45, 2.75) is 38.6 Å². The van der Waals surface area contributed by atoms with Crippen molar-refractivity contribution in [3.05, 3.63) is 12.7 Å². The topological polar surface area (TPSA) is 15.3 Å². The molecule has 1 unspecified atom stereocenters. The van der Waals surface area contributed by atoms with Crippen LogP contribution in [0.2, 0.25) is 0 Å².